The zero-order valence-corrected chi connectivity index (χ0v) is 12.6. The van der Waals surface area contributed by atoms with Crippen LogP contribution in [0.4, 0.5) is 10.1 Å². The Balaban J connectivity index is 2.22. The first kappa shape index (κ1) is 14.9. The molecule has 0 atom stereocenters. The molecule has 0 aliphatic carbocycles. The summed E-state index contributed by atoms with van der Waals surface area (Å²) in [4.78, 5) is 0. The summed E-state index contributed by atoms with van der Waals surface area (Å²) in [6.45, 7) is 2.30. The lowest BCUT2D eigenvalue weighted by atomic mass is 10.1. The van der Waals surface area contributed by atoms with Crippen LogP contribution in [0, 0.1) is 12.7 Å². The number of benzene rings is 2. The van der Waals surface area contributed by atoms with E-state index in [1.165, 1.54) is 6.07 Å². The molecule has 0 fully saturated rings. The Morgan fingerprint density at radius 3 is 2.70 bits per heavy atom. The third kappa shape index (κ3) is 3.17. The van der Waals surface area contributed by atoms with E-state index in [-0.39, 0.29) is 5.02 Å². The molecule has 1 N–H and O–H groups in total. The fraction of sp³-hybridized carbons (Fsp3) is 0.200. The molecule has 0 bridgehead atoms. The summed E-state index contributed by atoms with van der Waals surface area (Å²) in [7, 11) is 1.57. The summed E-state index contributed by atoms with van der Waals surface area (Å²) in [6, 6.07) is 8.36. The van der Waals surface area contributed by atoms with Crippen LogP contribution in [-0.2, 0) is 6.54 Å². The molecule has 0 aliphatic heterocycles. The normalized spacial score (nSPS) is 10.4. The molecule has 0 aliphatic rings. The Morgan fingerprint density at radius 2 is 2.00 bits per heavy atom. The van der Waals surface area contributed by atoms with Crippen LogP contribution in [0.3, 0.4) is 0 Å². The Bertz CT molecular complexity index is 632. The second kappa shape index (κ2) is 6.33. The summed E-state index contributed by atoms with van der Waals surface area (Å²) >= 11 is 12.0. The second-order valence-corrected chi connectivity index (χ2v) is 5.15. The Kier molecular flexibility index (Phi) is 4.73. The van der Waals surface area contributed by atoms with Crippen molar-refractivity contribution in [3.63, 3.8) is 0 Å². The van der Waals surface area contributed by atoms with E-state index in [1.54, 1.807) is 25.3 Å². The highest BCUT2D eigenvalue weighted by Gasteiger charge is 2.09. The van der Waals surface area contributed by atoms with Gasteiger partial charge in [-0.2, -0.15) is 0 Å². The van der Waals surface area contributed by atoms with E-state index in [1.807, 2.05) is 13.0 Å². The van der Waals surface area contributed by atoms with Crippen molar-refractivity contribution in [3.8, 4) is 5.75 Å². The van der Waals surface area contributed by atoms with E-state index in [9.17, 15) is 4.39 Å². The minimum atomic E-state index is -0.426. The zero-order valence-electron chi connectivity index (χ0n) is 11.1. The fourth-order valence-corrected chi connectivity index (χ4v) is 2.19. The number of ether oxygens (including phenoxy) is 1. The molecule has 5 heteroatoms. The first-order valence-corrected chi connectivity index (χ1v) is 6.79. The Hall–Kier alpha value is -1.45. The molecule has 0 radical (unpaired) electrons. The van der Waals surface area contributed by atoms with Crippen molar-refractivity contribution in [3.05, 3.63) is 57.3 Å². The number of halogens is 3. The van der Waals surface area contributed by atoms with Gasteiger partial charge in [0.15, 0.2) is 0 Å². The van der Waals surface area contributed by atoms with Crippen molar-refractivity contribution in [2.45, 2.75) is 13.5 Å². The van der Waals surface area contributed by atoms with Gasteiger partial charge in [-0.1, -0.05) is 35.3 Å². The number of hydrogen-bond acceptors (Lipinski definition) is 2. The second-order valence-electron chi connectivity index (χ2n) is 4.37. The van der Waals surface area contributed by atoms with Crippen LogP contribution in [0.15, 0.2) is 30.3 Å². The predicted molar refractivity (Wildman–Crippen MR) is 81.5 cm³/mol. The van der Waals surface area contributed by atoms with E-state index in [4.69, 9.17) is 27.9 Å². The standard InChI is InChI=1S/C15H14Cl2FNO/c1-9-6-13(14(20-2)7-11(9)16)19-8-10-4-3-5-12(18)15(10)17/h3-7,19H,8H2,1-2H3. The van der Waals surface area contributed by atoms with Gasteiger partial charge < -0.3 is 10.1 Å². The summed E-state index contributed by atoms with van der Waals surface area (Å²) in [5.74, 6) is 0.207. The Labute approximate surface area is 127 Å². The summed E-state index contributed by atoms with van der Waals surface area (Å²) in [6.07, 6.45) is 0. The Morgan fingerprint density at radius 1 is 1.25 bits per heavy atom. The average molecular weight is 314 g/mol. The quantitative estimate of drug-likeness (QED) is 0.851. The first-order valence-electron chi connectivity index (χ1n) is 6.04. The van der Waals surface area contributed by atoms with Crippen LogP contribution in [0.5, 0.6) is 5.75 Å². The summed E-state index contributed by atoms with van der Waals surface area (Å²) < 4.78 is 18.6. The lowest BCUT2D eigenvalue weighted by Crippen LogP contribution is -2.03. The molecule has 2 nitrogen and oxygen atoms in total. The van der Waals surface area contributed by atoms with Crippen molar-refractivity contribution in [1.29, 1.82) is 0 Å². The maximum absolute atomic E-state index is 13.4. The van der Waals surface area contributed by atoms with Crippen molar-refractivity contribution in [2.75, 3.05) is 12.4 Å². The summed E-state index contributed by atoms with van der Waals surface area (Å²) in [5.41, 5.74) is 2.40. The van der Waals surface area contributed by atoms with E-state index >= 15 is 0 Å². The zero-order chi connectivity index (χ0) is 14.7. The molecule has 0 spiro atoms. The molecular weight excluding hydrogens is 300 g/mol. The molecule has 0 saturated heterocycles. The van der Waals surface area contributed by atoms with Crippen LogP contribution < -0.4 is 10.1 Å². The molecule has 106 valence electrons. The fourth-order valence-electron chi connectivity index (χ4n) is 1.85. The van der Waals surface area contributed by atoms with Gasteiger partial charge in [-0.25, -0.2) is 4.39 Å². The number of anilines is 1. The monoisotopic (exact) mass is 313 g/mol. The number of methoxy groups -OCH3 is 1. The molecule has 2 aromatic carbocycles. The molecule has 2 aromatic rings. The SMILES string of the molecule is COc1cc(Cl)c(C)cc1NCc1cccc(F)c1Cl. The van der Waals surface area contributed by atoms with Gasteiger partial charge in [0.2, 0.25) is 0 Å². The highest BCUT2D eigenvalue weighted by atomic mass is 35.5. The van der Waals surface area contributed by atoms with Gasteiger partial charge in [-0.05, 0) is 30.2 Å². The van der Waals surface area contributed by atoms with Gasteiger partial charge >= 0.3 is 0 Å². The predicted octanol–water partition coefficient (Wildman–Crippen LogP) is 5.06. The first-order chi connectivity index (χ1) is 9.52. The molecule has 20 heavy (non-hydrogen) atoms. The van der Waals surface area contributed by atoms with Crippen LogP contribution in [0.25, 0.3) is 0 Å². The van der Waals surface area contributed by atoms with Crippen LogP contribution >= 0.6 is 23.2 Å². The van der Waals surface area contributed by atoms with E-state index in [2.05, 4.69) is 5.32 Å². The van der Waals surface area contributed by atoms with E-state index in [0.29, 0.717) is 22.9 Å². The number of nitrogens with one attached hydrogen (secondary N) is 1. The van der Waals surface area contributed by atoms with Crippen LogP contribution in [-0.4, -0.2) is 7.11 Å². The third-order valence-electron chi connectivity index (χ3n) is 2.98. The molecule has 0 aromatic heterocycles. The van der Waals surface area contributed by atoms with Gasteiger partial charge in [-0.3, -0.25) is 0 Å². The lowest BCUT2D eigenvalue weighted by molar-refractivity contribution is 0.416. The van der Waals surface area contributed by atoms with Crippen LogP contribution in [0.2, 0.25) is 10.0 Å². The molecule has 0 unspecified atom stereocenters. The van der Waals surface area contributed by atoms with Gasteiger partial charge in [0.1, 0.15) is 11.6 Å². The third-order valence-corrected chi connectivity index (χ3v) is 3.81. The highest BCUT2D eigenvalue weighted by Crippen LogP contribution is 2.31. The van der Waals surface area contributed by atoms with Crippen molar-refractivity contribution >= 4 is 28.9 Å². The minimum absolute atomic E-state index is 0.129. The molecule has 0 heterocycles. The van der Waals surface area contributed by atoms with Gasteiger partial charge in [0.05, 0.1) is 17.8 Å². The van der Waals surface area contributed by atoms with Crippen molar-refractivity contribution in [2.24, 2.45) is 0 Å². The molecular formula is C15H14Cl2FNO. The van der Waals surface area contributed by atoms with Crippen LogP contribution in [0.1, 0.15) is 11.1 Å². The van der Waals surface area contributed by atoms with E-state index in [0.717, 1.165) is 11.3 Å². The topological polar surface area (TPSA) is 21.3 Å². The molecule has 0 amide bonds. The van der Waals surface area contributed by atoms with Crippen molar-refractivity contribution < 1.29 is 9.13 Å². The van der Waals surface area contributed by atoms with Crippen molar-refractivity contribution in [1.82, 2.24) is 0 Å². The number of hydrogen-bond donors (Lipinski definition) is 1. The lowest BCUT2D eigenvalue weighted by Gasteiger charge is -2.14. The number of rotatable bonds is 4. The molecule has 2 rings (SSSR count). The largest absolute Gasteiger partial charge is 0.495 e. The van der Waals surface area contributed by atoms with Gasteiger partial charge in [-0.15, -0.1) is 0 Å². The molecule has 0 saturated carbocycles. The number of aryl methyl sites for hydroxylation is 1. The van der Waals surface area contributed by atoms with E-state index < -0.39 is 5.82 Å². The highest BCUT2D eigenvalue weighted by molar-refractivity contribution is 6.32. The average Bonchev–Trinajstić information content (AvgIpc) is 2.43. The smallest absolute Gasteiger partial charge is 0.143 e. The minimum Gasteiger partial charge on any atom is -0.495 e. The summed E-state index contributed by atoms with van der Waals surface area (Å²) in [5, 5.41) is 3.95. The van der Waals surface area contributed by atoms with Gasteiger partial charge in [0, 0.05) is 17.6 Å². The maximum atomic E-state index is 13.4. The maximum Gasteiger partial charge on any atom is 0.143 e. The van der Waals surface area contributed by atoms with Gasteiger partial charge in [0.25, 0.3) is 0 Å².